The van der Waals surface area contributed by atoms with Crippen LogP contribution in [-0.2, 0) is 22.2 Å². The van der Waals surface area contributed by atoms with E-state index in [0.717, 1.165) is 37.0 Å². The smallest absolute Gasteiger partial charge is 0.303 e. The molecule has 1 amide bonds. The summed E-state index contributed by atoms with van der Waals surface area (Å²) in [6.07, 6.45) is -0.243. The first-order valence-electron chi connectivity index (χ1n) is 11.5. The fourth-order valence-corrected chi connectivity index (χ4v) is 5.14. The van der Waals surface area contributed by atoms with Gasteiger partial charge in [0.25, 0.3) is 5.91 Å². The zero-order valence-corrected chi connectivity index (χ0v) is 20.0. The fourth-order valence-electron chi connectivity index (χ4n) is 4.67. The van der Waals surface area contributed by atoms with Gasteiger partial charge in [-0.3, -0.25) is 14.5 Å². The summed E-state index contributed by atoms with van der Waals surface area (Å²) in [6, 6.07) is 10.8. The molecule has 1 aliphatic heterocycles. The molecule has 182 valence electrons. The van der Waals surface area contributed by atoms with E-state index in [-0.39, 0.29) is 22.5 Å². The van der Waals surface area contributed by atoms with Crippen LogP contribution in [0, 0.1) is 6.57 Å². The van der Waals surface area contributed by atoms with E-state index in [9.17, 15) is 22.8 Å². The van der Waals surface area contributed by atoms with Crippen LogP contribution in [0.4, 0.5) is 30.2 Å². The molecule has 1 spiro atoms. The van der Waals surface area contributed by atoms with Crippen LogP contribution in [0.15, 0.2) is 42.5 Å². The number of hydrogen-bond donors (Lipinski definition) is 0. The summed E-state index contributed by atoms with van der Waals surface area (Å²) in [5.74, 6) is -0.118. The van der Waals surface area contributed by atoms with Crippen LogP contribution in [-0.4, -0.2) is 22.3 Å². The van der Waals surface area contributed by atoms with Gasteiger partial charge in [0.05, 0.1) is 12.1 Å². The minimum atomic E-state index is -4.73. The molecule has 2 aromatic rings. The van der Waals surface area contributed by atoms with Gasteiger partial charge in [-0.2, -0.15) is 13.2 Å². The highest BCUT2D eigenvalue weighted by atomic mass is 32.1. The van der Waals surface area contributed by atoms with E-state index >= 15 is 0 Å². The van der Waals surface area contributed by atoms with Crippen molar-refractivity contribution in [1.29, 1.82) is 0 Å². The van der Waals surface area contributed by atoms with Crippen LogP contribution in [0.3, 0.4) is 0 Å². The second kappa shape index (κ2) is 9.42. The lowest BCUT2D eigenvalue weighted by Crippen LogP contribution is -2.55. The number of alkyl halides is 3. The Labute approximate surface area is 207 Å². The van der Waals surface area contributed by atoms with Crippen molar-refractivity contribution in [1.82, 2.24) is 0 Å². The molecule has 1 saturated carbocycles. The number of Topliss-reactive ketones (excluding diaryl/α,β-unsaturated/α-hetero) is 1. The number of anilines is 2. The van der Waals surface area contributed by atoms with Gasteiger partial charge < -0.3 is 4.90 Å². The number of rotatable bonds is 7. The molecule has 9 heteroatoms. The summed E-state index contributed by atoms with van der Waals surface area (Å²) < 4.78 is 40.6. The molecule has 0 aromatic heterocycles. The molecule has 0 radical (unpaired) electrons. The molecule has 4 rings (SSSR count). The van der Waals surface area contributed by atoms with Crippen molar-refractivity contribution in [2.45, 2.75) is 63.6 Å². The van der Waals surface area contributed by atoms with E-state index in [0.29, 0.717) is 31.4 Å². The molecule has 35 heavy (non-hydrogen) atoms. The third-order valence-corrected chi connectivity index (χ3v) is 7.13. The largest absolute Gasteiger partial charge is 0.407 e. The summed E-state index contributed by atoms with van der Waals surface area (Å²) in [5.41, 5.74) is -0.766. The molecule has 2 aliphatic rings. The standard InChI is InChI=1S/C26H24F3N3O2S/c1-3-20(33)7-4-6-17-8-10-18(11-9-17)32-24(35)31(23(34)25(32)14-5-15-25)19-12-13-22(30-2)21(16-19)26(27,28)29/h8-13,16H,3-7,14-15H2,1H3. The first-order valence-corrected chi connectivity index (χ1v) is 11.9. The first-order chi connectivity index (χ1) is 16.6. The number of benzene rings is 2. The predicted molar refractivity (Wildman–Crippen MR) is 132 cm³/mol. The summed E-state index contributed by atoms with van der Waals surface area (Å²) in [7, 11) is 0. The highest BCUT2D eigenvalue weighted by Gasteiger charge is 2.59. The van der Waals surface area contributed by atoms with E-state index in [2.05, 4.69) is 4.85 Å². The van der Waals surface area contributed by atoms with Gasteiger partial charge >= 0.3 is 6.18 Å². The van der Waals surface area contributed by atoms with Gasteiger partial charge in [-0.1, -0.05) is 25.1 Å². The number of ketones is 1. The Morgan fingerprint density at radius 3 is 2.34 bits per heavy atom. The summed E-state index contributed by atoms with van der Waals surface area (Å²) >= 11 is 5.65. The molecule has 0 unspecified atom stereocenters. The van der Waals surface area contributed by atoms with Crippen molar-refractivity contribution in [2.75, 3.05) is 9.80 Å². The van der Waals surface area contributed by atoms with Crippen LogP contribution in [0.2, 0.25) is 0 Å². The van der Waals surface area contributed by atoms with Crippen molar-refractivity contribution in [3.8, 4) is 0 Å². The maximum Gasteiger partial charge on any atom is 0.407 e. The van der Waals surface area contributed by atoms with E-state index in [1.54, 1.807) is 4.90 Å². The minimum absolute atomic E-state index is 0.00529. The molecule has 1 saturated heterocycles. The normalized spacial score (nSPS) is 17.0. The molecule has 0 atom stereocenters. The highest BCUT2D eigenvalue weighted by molar-refractivity contribution is 7.81. The Bertz CT molecular complexity index is 1210. The SMILES string of the molecule is [C-]#[N+]c1ccc(N2C(=O)C3(CCC3)N(c3ccc(CCCC(=O)CC)cc3)C2=S)cc1C(F)(F)F. The van der Waals surface area contributed by atoms with Crippen LogP contribution in [0.5, 0.6) is 0 Å². The number of hydrogen-bond acceptors (Lipinski definition) is 3. The predicted octanol–water partition coefficient (Wildman–Crippen LogP) is 6.62. The lowest BCUT2D eigenvalue weighted by atomic mass is 9.75. The van der Waals surface area contributed by atoms with Crippen LogP contribution >= 0.6 is 12.2 Å². The second-order valence-electron chi connectivity index (χ2n) is 8.87. The van der Waals surface area contributed by atoms with Crippen molar-refractivity contribution in [3.63, 3.8) is 0 Å². The first kappa shape index (κ1) is 24.9. The Morgan fingerprint density at radius 2 is 1.80 bits per heavy atom. The van der Waals surface area contributed by atoms with E-state index in [4.69, 9.17) is 18.8 Å². The Morgan fingerprint density at radius 1 is 1.14 bits per heavy atom. The summed E-state index contributed by atoms with van der Waals surface area (Å²) in [6.45, 7) is 8.90. The van der Waals surface area contributed by atoms with Gasteiger partial charge in [0.15, 0.2) is 10.8 Å². The summed E-state index contributed by atoms with van der Waals surface area (Å²) in [4.78, 5) is 31.0. The van der Waals surface area contributed by atoms with Gasteiger partial charge in [-0.25, -0.2) is 4.85 Å². The average Bonchev–Trinajstić information content (AvgIpc) is 3.05. The lowest BCUT2D eigenvalue weighted by molar-refractivity contribution is -0.137. The molecular formula is C26H24F3N3O2S. The van der Waals surface area contributed by atoms with Gasteiger partial charge in [0.1, 0.15) is 11.3 Å². The van der Waals surface area contributed by atoms with Gasteiger partial charge in [-0.05, 0) is 74.2 Å². The fraction of sp³-hybridized carbons (Fsp3) is 0.385. The monoisotopic (exact) mass is 499 g/mol. The van der Waals surface area contributed by atoms with E-state index in [1.807, 2.05) is 31.2 Å². The second-order valence-corrected chi connectivity index (χ2v) is 9.23. The summed E-state index contributed by atoms with van der Waals surface area (Å²) in [5, 5.41) is 0.125. The zero-order chi connectivity index (χ0) is 25.4. The molecule has 2 fully saturated rings. The third kappa shape index (κ3) is 4.43. The van der Waals surface area contributed by atoms with E-state index < -0.39 is 23.0 Å². The maximum atomic E-state index is 13.5. The molecule has 0 bridgehead atoms. The molecule has 0 N–H and O–H groups in total. The number of carbonyl (C=O) groups is 2. The van der Waals surface area contributed by atoms with Crippen LogP contribution < -0.4 is 9.80 Å². The van der Waals surface area contributed by atoms with E-state index in [1.165, 1.54) is 11.0 Å². The topological polar surface area (TPSA) is 45.0 Å². The number of carbonyl (C=O) groups excluding carboxylic acids is 2. The van der Waals surface area contributed by atoms with Crippen molar-refractivity contribution >= 4 is 46.1 Å². The number of halogens is 3. The highest BCUT2D eigenvalue weighted by Crippen LogP contribution is 2.48. The van der Waals surface area contributed by atoms with Crippen molar-refractivity contribution in [3.05, 3.63) is 65.0 Å². The molecule has 1 aliphatic carbocycles. The van der Waals surface area contributed by atoms with Gasteiger partial charge in [-0.15, -0.1) is 0 Å². The number of thiocarbonyl (C=S) groups is 1. The minimum Gasteiger partial charge on any atom is -0.303 e. The molecular weight excluding hydrogens is 475 g/mol. The van der Waals surface area contributed by atoms with Crippen LogP contribution in [0.25, 0.3) is 4.85 Å². The Kier molecular flexibility index (Phi) is 6.69. The lowest BCUT2D eigenvalue weighted by Gasteiger charge is -2.43. The van der Waals surface area contributed by atoms with Gasteiger partial charge in [0.2, 0.25) is 0 Å². The molecule has 1 heterocycles. The van der Waals surface area contributed by atoms with Crippen LogP contribution in [0.1, 0.15) is 56.6 Å². The number of aryl methyl sites for hydroxylation is 1. The quantitative estimate of drug-likeness (QED) is 0.317. The van der Waals surface area contributed by atoms with Gasteiger partial charge in [0, 0.05) is 24.2 Å². The maximum absolute atomic E-state index is 13.5. The average molecular weight is 500 g/mol. The third-order valence-electron chi connectivity index (χ3n) is 6.77. The molecule has 5 nitrogen and oxygen atoms in total. The van der Waals surface area contributed by atoms with Crippen molar-refractivity contribution < 1.29 is 22.8 Å². The number of amides is 1. The van der Waals surface area contributed by atoms with Crippen molar-refractivity contribution in [2.24, 2.45) is 0 Å². The zero-order valence-electron chi connectivity index (χ0n) is 19.2. The molecule has 2 aromatic carbocycles. The Balaban J connectivity index is 1.64. The Hall–Kier alpha value is -3.25. The number of nitrogens with zero attached hydrogens (tertiary/aromatic N) is 3.